The first-order valence-corrected chi connectivity index (χ1v) is 9.92. The molecule has 2 unspecified atom stereocenters. The highest BCUT2D eigenvalue weighted by molar-refractivity contribution is 7.89. The maximum atomic E-state index is 12.7. The third-order valence-corrected chi connectivity index (χ3v) is 6.27. The summed E-state index contributed by atoms with van der Waals surface area (Å²) in [6, 6.07) is 0.115. The summed E-state index contributed by atoms with van der Waals surface area (Å²) < 4.78 is 32.6. The zero-order valence-corrected chi connectivity index (χ0v) is 14.2. The molecule has 5 nitrogen and oxygen atoms in total. The van der Waals surface area contributed by atoms with Crippen LogP contribution in [-0.4, -0.2) is 56.9 Å². The van der Waals surface area contributed by atoms with Gasteiger partial charge in [-0.2, -0.15) is 4.31 Å². The third-order valence-electron chi connectivity index (χ3n) is 4.28. The maximum absolute atomic E-state index is 12.7. The minimum Gasteiger partial charge on any atom is -0.377 e. The Morgan fingerprint density at radius 2 is 2.05 bits per heavy atom. The van der Waals surface area contributed by atoms with Crippen LogP contribution in [0.5, 0.6) is 0 Å². The molecular weight excluding hydrogens is 288 g/mol. The number of hydrogen-bond donors (Lipinski definition) is 1. The van der Waals surface area contributed by atoms with Crippen LogP contribution in [0.25, 0.3) is 0 Å². The summed E-state index contributed by atoms with van der Waals surface area (Å²) in [5.41, 5.74) is 0. The van der Waals surface area contributed by atoms with E-state index in [2.05, 4.69) is 19.2 Å². The van der Waals surface area contributed by atoms with Crippen LogP contribution in [0.15, 0.2) is 0 Å². The Balaban J connectivity index is 1.92. The molecule has 2 aliphatic heterocycles. The minimum absolute atomic E-state index is 0.0961. The van der Waals surface area contributed by atoms with Gasteiger partial charge in [0.1, 0.15) is 0 Å². The van der Waals surface area contributed by atoms with Crippen molar-refractivity contribution in [3.8, 4) is 0 Å². The van der Waals surface area contributed by atoms with E-state index >= 15 is 0 Å². The summed E-state index contributed by atoms with van der Waals surface area (Å²) >= 11 is 0. The zero-order valence-electron chi connectivity index (χ0n) is 13.4. The van der Waals surface area contributed by atoms with E-state index in [-0.39, 0.29) is 17.9 Å². The average molecular weight is 318 g/mol. The van der Waals surface area contributed by atoms with Gasteiger partial charge in [-0.1, -0.05) is 20.3 Å². The molecule has 0 aromatic heterocycles. The van der Waals surface area contributed by atoms with Crippen LogP contribution in [0.2, 0.25) is 0 Å². The Bertz CT molecular complexity index is 405. The van der Waals surface area contributed by atoms with Crippen molar-refractivity contribution in [2.45, 2.75) is 58.1 Å². The predicted octanol–water partition coefficient (Wildman–Crippen LogP) is 1.60. The molecule has 2 atom stereocenters. The lowest BCUT2D eigenvalue weighted by molar-refractivity contribution is 0.125. The van der Waals surface area contributed by atoms with Crippen molar-refractivity contribution in [2.24, 2.45) is 5.92 Å². The van der Waals surface area contributed by atoms with Crippen LogP contribution >= 0.6 is 0 Å². The van der Waals surface area contributed by atoms with Gasteiger partial charge in [0, 0.05) is 25.7 Å². The topological polar surface area (TPSA) is 58.6 Å². The average Bonchev–Trinajstić information content (AvgIpc) is 2.91. The Morgan fingerprint density at radius 3 is 2.71 bits per heavy atom. The molecule has 2 fully saturated rings. The van der Waals surface area contributed by atoms with Gasteiger partial charge in [-0.05, 0) is 38.1 Å². The summed E-state index contributed by atoms with van der Waals surface area (Å²) in [6.45, 7) is 7.42. The van der Waals surface area contributed by atoms with E-state index in [1.54, 1.807) is 4.31 Å². The van der Waals surface area contributed by atoms with Crippen LogP contribution < -0.4 is 5.32 Å². The Labute approximate surface area is 129 Å². The van der Waals surface area contributed by atoms with Gasteiger partial charge in [0.05, 0.1) is 11.9 Å². The molecule has 2 aliphatic rings. The molecule has 6 heteroatoms. The molecule has 0 spiro atoms. The highest BCUT2D eigenvalue weighted by Crippen LogP contribution is 2.23. The molecule has 2 heterocycles. The van der Waals surface area contributed by atoms with Crippen LogP contribution in [0.1, 0.15) is 46.0 Å². The van der Waals surface area contributed by atoms with E-state index in [9.17, 15) is 8.42 Å². The molecule has 0 radical (unpaired) electrons. The lowest BCUT2D eigenvalue weighted by Crippen LogP contribution is -2.50. The molecule has 0 aromatic carbocycles. The smallest absolute Gasteiger partial charge is 0.216 e. The Morgan fingerprint density at radius 1 is 1.24 bits per heavy atom. The first-order valence-electron chi connectivity index (χ1n) is 8.31. The van der Waals surface area contributed by atoms with Crippen molar-refractivity contribution >= 4 is 10.0 Å². The van der Waals surface area contributed by atoms with Gasteiger partial charge in [0.2, 0.25) is 10.0 Å². The fraction of sp³-hybridized carbons (Fsp3) is 1.00. The van der Waals surface area contributed by atoms with E-state index in [1.165, 1.54) is 0 Å². The van der Waals surface area contributed by atoms with Gasteiger partial charge in [-0.3, -0.25) is 0 Å². The fourth-order valence-electron chi connectivity index (χ4n) is 3.19. The van der Waals surface area contributed by atoms with Crippen LogP contribution in [0, 0.1) is 5.92 Å². The highest BCUT2D eigenvalue weighted by atomic mass is 32.2. The van der Waals surface area contributed by atoms with Crippen LogP contribution in [0.4, 0.5) is 0 Å². The zero-order chi connectivity index (χ0) is 15.3. The number of sulfonamides is 1. The van der Waals surface area contributed by atoms with Crippen molar-refractivity contribution in [3.05, 3.63) is 0 Å². The summed E-state index contributed by atoms with van der Waals surface area (Å²) in [5, 5.41) is 3.41. The van der Waals surface area contributed by atoms with Crippen LogP contribution in [0.3, 0.4) is 0 Å². The molecule has 0 bridgehead atoms. The van der Waals surface area contributed by atoms with Crippen molar-refractivity contribution in [2.75, 3.05) is 32.0 Å². The number of nitrogens with one attached hydrogen (secondary N) is 1. The lowest BCUT2D eigenvalue weighted by atomic mass is 10.0. The molecule has 0 amide bonds. The second-order valence-electron chi connectivity index (χ2n) is 6.73. The van der Waals surface area contributed by atoms with Crippen molar-refractivity contribution in [1.82, 2.24) is 9.62 Å². The summed E-state index contributed by atoms with van der Waals surface area (Å²) in [6.07, 6.45) is 4.84. The highest BCUT2D eigenvalue weighted by Gasteiger charge is 2.34. The second kappa shape index (κ2) is 7.90. The molecule has 0 aromatic rings. The van der Waals surface area contributed by atoms with Crippen molar-refractivity contribution in [3.63, 3.8) is 0 Å². The Kier molecular flexibility index (Phi) is 6.47. The van der Waals surface area contributed by atoms with Crippen molar-refractivity contribution < 1.29 is 13.2 Å². The largest absolute Gasteiger partial charge is 0.377 e. The molecule has 1 N–H and O–H groups in total. The predicted molar refractivity (Wildman–Crippen MR) is 84.8 cm³/mol. The number of nitrogens with zero attached hydrogens (tertiary/aromatic N) is 1. The molecule has 21 heavy (non-hydrogen) atoms. The van der Waals surface area contributed by atoms with Gasteiger partial charge in [-0.15, -0.1) is 0 Å². The normalized spacial score (nSPS) is 28.3. The van der Waals surface area contributed by atoms with Gasteiger partial charge in [0.15, 0.2) is 0 Å². The summed E-state index contributed by atoms with van der Waals surface area (Å²) in [7, 11) is -3.20. The number of rotatable bonds is 7. The molecule has 2 saturated heterocycles. The first-order chi connectivity index (χ1) is 9.99. The molecule has 0 aliphatic carbocycles. The molecule has 0 saturated carbocycles. The lowest BCUT2D eigenvalue weighted by Gasteiger charge is -2.35. The van der Waals surface area contributed by atoms with Gasteiger partial charge < -0.3 is 10.1 Å². The molecule has 2 rings (SSSR count). The summed E-state index contributed by atoms with van der Waals surface area (Å²) in [5.74, 6) is 0.749. The van der Waals surface area contributed by atoms with Crippen LogP contribution in [-0.2, 0) is 14.8 Å². The third kappa shape index (κ3) is 5.20. The number of piperidine rings is 1. The van der Waals surface area contributed by atoms with E-state index in [4.69, 9.17) is 4.74 Å². The van der Waals surface area contributed by atoms with E-state index in [0.717, 1.165) is 45.2 Å². The quantitative estimate of drug-likeness (QED) is 0.774. The number of hydrogen-bond acceptors (Lipinski definition) is 4. The van der Waals surface area contributed by atoms with E-state index < -0.39 is 10.0 Å². The second-order valence-corrected chi connectivity index (χ2v) is 8.69. The van der Waals surface area contributed by atoms with Gasteiger partial charge >= 0.3 is 0 Å². The Hall–Kier alpha value is -0.170. The van der Waals surface area contributed by atoms with Gasteiger partial charge in [-0.25, -0.2) is 8.42 Å². The van der Waals surface area contributed by atoms with E-state index in [0.29, 0.717) is 19.1 Å². The maximum Gasteiger partial charge on any atom is 0.216 e. The minimum atomic E-state index is -3.20. The molecular formula is C15H30N2O3S. The first kappa shape index (κ1) is 17.2. The van der Waals surface area contributed by atoms with Crippen molar-refractivity contribution in [1.29, 1.82) is 0 Å². The monoisotopic (exact) mass is 318 g/mol. The van der Waals surface area contributed by atoms with E-state index in [1.807, 2.05) is 0 Å². The molecule has 124 valence electrons. The summed E-state index contributed by atoms with van der Waals surface area (Å²) in [4.78, 5) is 0. The number of ether oxygens (including phenoxy) is 1. The standard InChI is InChI=1S/C15H30N2O3S/c1-13(2)10-16-11-14-6-3-4-8-17(14)21(18,19)12-15-7-5-9-20-15/h13-16H,3-12H2,1-2H3. The fourth-order valence-corrected chi connectivity index (χ4v) is 5.15. The SMILES string of the molecule is CC(C)CNCC1CCCCN1S(=O)(=O)CC1CCCO1. The van der Waals surface area contributed by atoms with Gasteiger partial charge in [0.25, 0.3) is 0 Å².